The number of anilines is 2. The van der Waals surface area contributed by atoms with Crippen molar-refractivity contribution in [3.8, 4) is 17.0 Å². The van der Waals surface area contributed by atoms with Crippen LogP contribution >= 0.6 is 0 Å². The Bertz CT molecular complexity index is 1540. The van der Waals surface area contributed by atoms with Gasteiger partial charge in [-0.25, -0.2) is 0 Å². The fraction of sp³-hybridized carbons (Fsp3) is 0.0417. The van der Waals surface area contributed by atoms with Crippen LogP contribution in [0.5, 0.6) is 5.75 Å². The molecule has 3 aromatic carbocycles. The quantitative estimate of drug-likeness (QED) is 0.296. The van der Waals surface area contributed by atoms with Crippen molar-refractivity contribution in [2.75, 3.05) is 4.81 Å². The van der Waals surface area contributed by atoms with Gasteiger partial charge in [-0.1, -0.05) is 36.4 Å². The molecular weight excluding hydrogens is 359 g/mol. The van der Waals surface area contributed by atoms with Gasteiger partial charge >= 0.3 is 7.05 Å². The van der Waals surface area contributed by atoms with Gasteiger partial charge in [0.15, 0.2) is 12.7 Å². The molecule has 3 aliphatic heterocycles. The molecule has 0 amide bonds. The Morgan fingerprint density at radius 1 is 0.862 bits per heavy atom. The van der Waals surface area contributed by atoms with Gasteiger partial charge in [0.25, 0.3) is 0 Å². The molecule has 4 nitrogen and oxygen atoms in total. The van der Waals surface area contributed by atoms with E-state index < -0.39 is 0 Å². The van der Waals surface area contributed by atoms with E-state index >= 15 is 0 Å². The predicted octanol–water partition coefficient (Wildman–Crippen LogP) is 4.14. The molecule has 3 aliphatic rings. The maximum absolute atomic E-state index is 6.53. The Labute approximate surface area is 166 Å². The van der Waals surface area contributed by atoms with Gasteiger partial charge in [0.05, 0.1) is 11.3 Å². The fourth-order valence-electron chi connectivity index (χ4n) is 5.35. The average molecular weight is 373 g/mol. The molecule has 0 spiro atoms. The molecule has 134 valence electrons. The van der Waals surface area contributed by atoms with Crippen molar-refractivity contribution in [2.24, 2.45) is 0 Å². The number of rotatable bonds is 0. The van der Waals surface area contributed by atoms with Crippen LogP contribution in [0.1, 0.15) is 5.56 Å². The van der Waals surface area contributed by atoms with Crippen LogP contribution in [-0.4, -0.2) is 7.05 Å². The number of furan rings is 1. The van der Waals surface area contributed by atoms with E-state index in [0.717, 1.165) is 39.9 Å². The lowest BCUT2D eigenvalue weighted by molar-refractivity contribution is -0.671. The molecule has 8 rings (SSSR count). The molecule has 0 unspecified atom stereocenters. The van der Waals surface area contributed by atoms with E-state index in [0.29, 0.717) is 0 Å². The zero-order valence-corrected chi connectivity index (χ0v) is 15.4. The van der Waals surface area contributed by atoms with Crippen LogP contribution in [-0.2, 0) is 6.54 Å². The number of fused-ring (bicyclic) bond motifs is 8. The predicted molar refractivity (Wildman–Crippen MR) is 113 cm³/mol. The van der Waals surface area contributed by atoms with E-state index in [4.69, 9.17) is 9.07 Å². The fourth-order valence-corrected chi connectivity index (χ4v) is 5.35. The van der Waals surface area contributed by atoms with Gasteiger partial charge in [-0.3, -0.25) is 0 Å². The first kappa shape index (κ1) is 14.3. The lowest BCUT2D eigenvalue weighted by atomic mass is 9.65. The van der Waals surface area contributed by atoms with Gasteiger partial charge < -0.3 is 13.9 Å². The molecule has 0 aliphatic carbocycles. The highest BCUT2D eigenvalue weighted by molar-refractivity contribution is 6.77. The summed E-state index contributed by atoms with van der Waals surface area (Å²) in [7, 11) is -0.140. The second kappa shape index (κ2) is 4.63. The van der Waals surface area contributed by atoms with E-state index in [2.05, 4.69) is 70.2 Å². The highest BCUT2D eigenvalue weighted by Gasteiger charge is 2.50. The molecule has 0 saturated carbocycles. The first-order valence-corrected chi connectivity index (χ1v) is 9.93. The van der Waals surface area contributed by atoms with Gasteiger partial charge in [0.1, 0.15) is 22.6 Å². The second-order valence-corrected chi connectivity index (χ2v) is 8.01. The maximum atomic E-state index is 6.53. The van der Waals surface area contributed by atoms with Crippen molar-refractivity contribution in [1.82, 2.24) is 0 Å². The number of benzene rings is 3. The van der Waals surface area contributed by atoms with E-state index in [1.54, 1.807) is 0 Å². The van der Waals surface area contributed by atoms with Crippen LogP contribution in [0.15, 0.2) is 77.3 Å². The Morgan fingerprint density at radius 2 is 1.83 bits per heavy atom. The van der Waals surface area contributed by atoms with Crippen molar-refractivity contribution < 1.29 is 13.6 Å². The van der Waals surface area contributed by atoms with E-state index in [9.17, 15) is 0 Å². The lowest BCUT2D eigenvalue weighted by Crippen LogP contribution is -2.51. The summed E-state index contributed by atoms with van der Waals surface area (Å²) < 4.78 is 15.0. The lowest BCUT2D eigenvalue weighted by Gasteiger charge is -2.27. The van der Waals surface area contributed by atoms with E-state index in [-0.39, 0.29) is 7.05 Å². The van der Waals surface area contributed by atoms with E-state index in [1.807, 2.05) is 12.1 Å². The SMILES string of the molecule is c1cc2c3c(c1)B1Oc4cc5oc6ccccc6c5cc4N1c1ccc[n+](c1-3)C2. The number of aromatic nitrogens is 1. The second-order valence-electron chi connectivity index (χ2n) is 8.01. The highest BCUT2D eigenvalue weighted by Crippen LogP contribution is 2.49. The first-order valence-electron chi connectivity index (χ1n) is 9.93. The summed E-state index contributed by atoms with van der Waals surface area (Å²) in [6.45, 7) is 0.922. The van der Waals surface area contributed by atoms with Crippen molar-refractivity contribution >= 4 is 45.8 Å². The molecule has 5 aromatic rings. The Morgan fingerprint density at radius 3 is 2.83 bits per heavy atom. The Kier molecular flexibility index (Phi) is 2.28. The summed E-state index contributed by atoms with van der Waals surface area (Å²) in [4.78, 5) is 2.35. The zero-order valence-electron chi connectivity index (χ0n) is 15.4. The molecule has 0 atom stereocenters. The van der Waals surface area contributed by atoms with Gasteiger partial charge in [0, 0.05) is 33.9 Å². The number of hydrogen-bond acceptors (Lipinski definition) is 3. The summed E-state index contributed by atoms with van der Waals surface area (Å²) in [6, 6.07) is 23.4. The number of para-hydroxylation sites is 1. The van der Waals surface area contributed by atoms with Crippen LogP contribution in [0.4, 0.5) is 11.4 Å². The van der Waals surface area contributed by atoms with Crippen LogP contribution in [0.2, 0.25) is 0 Å². The van der Waals surface area contributed by atoms with Crippen molar-refractivity contribution in [3.05, 3.63) is 78.5 Å². The van der Waals surface area contributed by atoms with Crippen LogP contribution in [0.25, 0.3) is 33.2 Å². The average Bonchev–Trinajstić information content (AvgIpc) is 3.42. The van der Waals surface area contributed by atoms with E-state index in [1.165, 1.54) is 28.0 Å². The molecule has 0 saturated heterocycles. The summed E-state index contributed by atoms with van der Waals surface area (Å²) >= 11 is 0. The van der Waals surface area contributed by atoms with Crippen molar-refractivity contribution in [1.29, 1.82) is 0 Å². The molecular formula is C24H14BN2O2+. The summed E-state index contributed by atoms with van der Waals surface area (Å²) in [5.74, 6) is 0.877. The third-order valence-corrected chi connectivity index (χ3v) is 6.53. The van der Waals surface area contributed by atoms with Gasteiger partial charge in [-0.05, 0) is 18.2 Å². The number of pyridine rings is 1. The van der Waals surface area contributed by atoms with Crippen LogP contribution in [0, 0.1) is 0 Å². The first-order chi connectivity index (χ1) is 14.4. The van der Waals surface area contributed by atoms with Crippen molar-refractivity contribution in [2.45, 2.75) is 6.54 Å². The normalized spacial score (nSPS) is 14.9. The smallest absolute Gasteiger partial charge is 0.525 e. The summed E-state index contributed by atoms with van der Waals surface area (Å²) in [5, 5.41) is 2.27. The standard InChI is InChI=1S/C24H14BN2O2/c1-2-9-20-15(6-1)16-11-19-22(12-21(16)28-20)29-25-17-7-3-5-14-13-26-10-4-8-18(27(19)25)24(26)23(14)17/h1-12H,13H2/q+1. The maximum Gasteiger partial charge on any atom is 0.525 e. The molecule has 29 heavy (non-hydrogen) atoms. The monoisotopic (exact) mass is 373 g/mol. The molecule has 2 aromatic heterocycles. The minimum absolute atomic E-state index is 0.140. The van der Waals surface area contributed by atoms with Crippen molar-refractivity contribution in [3.63, 3.8) is 0 Å². The number of hydrogen-bond donors (Lipinski definition) is 0. The van der Waals surface area contributed by atoms with Gasteiger partial charge in [0.2, 0.25) is 5.69 Å². The summed E-state index contributed by atoms with van der Waals surface area (Å²) in [6.07, 6.45) is 2.17. The largest absolute Gasteiger partial charge is 0.536 e. The minimum Gasteiger partial charge on any atom is -0.536 e. The molecule has 0 N–H and O–H groups in total. The van der Waals surface area contributed by atoms with Crippen LogP contribution < -0.4 is 19.5 Å². The Hall–Kier alpha value is -3.73. The molecule has 0 radical (unpaired) electrons. The van der Waals surface area contributed by atoms with Gasteiger partial charge in [-0.2, -0.15) is 4.57 Å². The molecule has 5 heterocycles. The summed E-state index contributed by atoms with van der Waals surface area (Å²) in [5.41, 5.74) is 9.34. The van der Waals surface area contributed by atoms with Gasteiger partial charge in [-0.15, -0.1) is 0 Å². The van der Waals surface area contributed by atoms with Crippen LogP contribution in [0.3, 0.4) is 0 Å². The molecule has 5 heteroatoms. The zero-order chi connectivity index (χ0) is 18.7. The topological polar surface area (TPSA) is 29.5 Å². The highest BCUT2D eigenvalue weighted by atomic mass is 16.5. The molecule has 0 fully saturated rings. The Balaban J connectivity index is 1.46. The molecule has 0 bridgehead atoms. The number of nitrogens with zero attached hydrogens (tertiary/aromatic N) is 2. The third-order valence-electron chi connectivity index (χ3n) is 6.53. The minimum atomic E-state index is -0.140. The third kappa shape index (κ3) is 1.58.